The number of H-pyrrole nitrogens is 1. The number of carbonyl (C=O) groups excluding carboxylic acids is 3. The second-order valence-electron chi connectivity index (χ2n) is 10.6. The standard InChI is InChI=1S/C27H27F3N6O3/c1-16-4-2-5-19-22(16)26(25(39)36(19)15-21(37)35-9-3-6-20(35)27(28,29)30)7-10-34(11-8-26)24(38)18-12-17-14-32-33-23(17)31-13-18/h2,4-5,12-14,20H,3,6-11,15H2,1H3,(H,31,32,33). The SMILES string of the molecule is Cc1cccc2c1C1(CCN(C(=O)c3cnc4[nH]ncc4c3)CC1)C(=O)N2CC(=O)N1CCCC1C(F)(F)F. The van der Waals surface area contributed by atoms with Crippen molar-refractivity contribution in [3.63, 3.8) is 0 Å². The molecule has 204 valence electrons. The van der Waals surface area contributed by atoms with Crippen molar-refractivity contribution in [1.29, 1.82) is 0 Å². The van der Waals surface area contributed by atoms with E-state index < -0.39 is 30.1 Å². The number of anilines is 1. The van der Waals surface area contributed by atoms with Crippen LogP contribution >= 0.6 is 0 Å². The summed E-state index contributed by atoms with van der Waals surface area (Å²) in [5.41, 5.74) is 2.29. The van der Waals surface area contributed by atoms with Crippen LogP contribution < -0.4 is 4.90 Å². The Labute approximate surface area is 222 Å². The molecule has 2 fully saturated rings. The molecule has 0 aliphatic carbocycles. The van der Waals surface area contributed by atoms with Crippen molar-refractivity contribution in [3.05, 3.63) is 53.3 Å². The smallest absolute Gasteiger partial charge is 0.339 e. The zero-order chi connectivity index (χ0) is 27.5. The highest BCUT2D eigenvalue weighted by molar-refractivity contribution is 6.11. The Hall–Kier alpha value is -3.96. The van der Waals surface area contributed by atoms with Gasteiger partial charge in [0.2, 0.25) is 11.8 Å². The Balaban J connectivity index is 1.24. The highest BCUT2D eigenvalue weighted by Gasteiger charge is 2.54. The van der Waals surface area contributed by atoms with Crippen LogP contribution in [-0.4, -0.2) is 81.1 Å². The lowest BCUT2D eigenvalue weighted by molar-refractivity contribution is -0.182. The van der Waals surface area contributed by atoms with Crippen molar-refractivity contribution < 1.29 is 27.6 Å². The second-order valence-corrected chi connectivity index (χ2v) is 10.6. The van der Waals surface area contributed by atoms with Crippen LogP contribution in [0.15, 0.2) is 36.7 Å². The van der Waals surface area contributed by atoms with E-state index in [1.807, 2.05) is 13.0 Å². The molecule has 3 aliphatic heterocycles. The molecule has 3 amide bonds. The molecular weight excluding hydrogens is 513 g/mol. The van der Waals surface area contributed by atoms with Crippen molar-refractivity contribution in [3.8, 4) is 0 Å². The van der Waals surface area contributed by atoms with E-state index in [1.165, 1.54) is 11.1 Å². The summed E-state index contributed by atoms with van der Waals surface area (Å²) in [6, 6.07) is 5.32. The van der Waals surface area contributed by atoms with Crippen LogP contribution in [0.5, 0.6) is 0 Å². The van der Waals surface area contributed by atoms with Crippen molar-refractivity contribution in [2.75, 3.05) is 31.1 Å². The van der Waals surface area contributed by atoms with E-state index in [0.717, 1.165) is 21.4 Å². The van der Waals surface area contributed by atoms with Gasteiger partial charge in [0, 0.05) is 36.9 Å². The summed E-state index contributed by atoms with van der Waals surface area (Å²) in [7, 11) is 0. The summed E-state index contributed by atoms with van der Waals surface area (Å²) in [5.74, 6) is -1.20. The summed E-state index contributed by atoms with van der Waals surface area (Å²) < 4.78 is 40.5. The normalized spacial score (nSPS) is 20.8. The van der Waals surface area contributed by atoms with Gasteiger partial charge in [-0.25, -0.2) is 4.98 Å². The molecular formula is C27H27F3N6O3. The minimum absolute atomic E-state index is 0.0212. The van der Waals surface area contributed by atoms with Gasteiger partial charge in [0.25, 0.3) is 5.91 Å². The van der Waals surface area contributed by atoms with Crippen LogP contribution in [0.25, 0.3) is 11.0 Å². The van der Waals surface area contributed by atoms with Crippen LogP contribution in [0.1, 0.15) is 47.2 Å². The van der Waals surface area contributed by atoms with Crippen molar-refractivity contribution in [2.45, 2.75) is 50.2 Å². The van der Waals surface area contributed by atoms with Crippen molar-refractivity contribution in [1.82, 2.24) is 25.0 Å². The van der Waals surface area contributed by atoms with Crippen molar-refractivity contribution in [2.24, 2.45) is 0 Å². The van der Waals surface area contributed by atoms with E-state index in [1.54, 1.807) is 29.3 Å². The third-order valence-electron chi connectivity index (χ3n) is 8.36. The molecule has 39 heavy (non-hydrogen) atoms. The molecule has 5 heterocycles. The van der Waals surface area contributed by atoms with Crippen LogP contribution in [0.4, 0.5) is 18.9 Å². The number of rotatable bonds is 3. The predicted molar refractivity (Wildman–Crippen MR) is 135 cm³/mol. The van der Waals surface area contributed by atoms with Gasteiger partial charge in [-0.2, -0.15) is 18.3 Å². The number of aromatic amines is 1. The fourth-order valence-corrected chi connectivity index (χ4v) is 6.45. The number of likely N-dealkylation sites (tertiary alicyclic amines) is 2. The number of hydrogen-bond donors (Lipinski definition) is 1. The third-order valence-corrected chi connectivity index (χ3v) is 8.36. The molecule has 0 saturated carbocycles. The molecule has 0 radical (unpaired) electrons. The molecule has 2 aromatic heterocycles. The number of carbonyl (C=O) groups is 3. The topological polar surface area (TPSA) is 102 Å². The van der Waals surface area contributed by atoms with Crippen molar-refractivity contribution >= 4 is 34.4 Å². The number of amides is 3. The van der Waals surface area contributed by atoms with Crippen LogP contribution in [0, 0.1) is 6.92 Å². The van der Waals surface area contributed by atoms with Gasteiger partial charge < -0.3 is 14.7 Å². The minimum Gasteiger partial charge on any atom is -0.339 e. The lowest BCUT2D eigenvalue weighted by Crippen LogP contribution is -2.53. The third kappa shape index (κ3) is 4.04. The number of aryl methyl sites for hydroxylation is 1. The van der Waals surface area contributed by atoms with E-state index in [-0.39, 0.29) is 31.2 Å². The maximum Gasteiger partial charge on any atom is 0.408 e. The Morgan fingerprint density at radius 3 is 2.67 bits per heavy atom. The number of piperidine rings is 1. The molecule has 9 nitrogen and oxygen atoms in total. The van der Waals surface area contributed by atoms with Gasteiger partial charge in [0.15, 0.2) is 5.65 Å². The van der Waals surface area contributed by atoms with E-state index in [4.69, 9.17) is 0 Å². The van der Waals surface area contributed by atoms with Gasteiger partial charge in [-0.3, -0.25) is 19.5 Å². The Morgan fingerprint density at radius 1 is 1.15 bits per heavy atom. The number of hydrogen-bond acceptors (Lipinski definition) is 5. The quantitative estimate of drug-likeness (QED) is 0.549. The maximum absolute atomic E-state index is 14.0. The number of aromatic nitrogens is 3. The fourth-order valence-electron chi connectivity index (χ4n) is 6.45. The van der Waals surface area contributed by atoms with Crippen LogP contribution in [0.2, 0.25) is 0 Å². The van der Waals surface area contributed by atoms with Gasteiger partial charge in [-0.1, -0.05) is 12.1 Å². The number of benzene rings is 1. The average Bonchev–Trinajstić information content (AvgIpc) is 3.64. The highest BCUT2D eigenvalue weighted by Crippen LogP contribution is 2.49. The number of nitrogens with one attached hydrogen (secondary N) is 1. The Kier molecular flexibility index (Phi) is 5.88. The molecule has 12 heteroatoms. The van der Waals surface area contributed by atoms with E-state index >= 15 is 0 Å². The first-order valence-corrected chi connectivity index (χ1v) is 13.0. The zero-order valence-corrected chi connectivity index (χ0v) is 21.3. The van der Waals surface area contributed by atoms with E-state index in [9.17, 15) is 27.6 Å². The number of alkyl halides is 3. The zero-order valence-electron chi connectivity index (χ0n) is 21.3. The van der Waals surface area contributed by atoms with Crippen LogP contribution in [0.3, 0.4) is 0 Å². The Morgan fingerprint density at radius 2 is 1.92 bits per heavy atom. The molecule has 0 bridgehead atoms. The molecule has 1 spiro atoms. The summed E-state index contributed by atoms with van der Waals surface area (Å²) >= 11 is 0. The first-order valence-electron chi connectivity index (χ1n) is 13.0. The summed E-state index contributed by atoms with van der Waals surface area (Å²) in [6.07, 6.45) is -0.587. The molecule has 3 aromatic rings. The van der Waals surface area contributed by atoms with Gasteiger partial charge in [0.05, 0.1) is 17.2 Å². The summed E-state index contributed by atoms with van der Waals surface area (Å²) in [4.78, 5) is 48.5. The van der Waals surface area contributed by atoms with Gasteiger partial charge in [0.1, 0.15) is 12.6 Å². The highest BCUT2D eigenvalue weighted by atomic mass is 19.4. The number of pyridine rings is 1. The van der Waals surface area contributed by atoms with E-state index in [2.05, 4.69) is 15.2 Å². The molecule has 2 saturated heterocycles. The minimum atomic E-state index is -4.51. The summed E-state index contributed by atoms with van der Waals surface area (Å²) in [5, 5.41) is 7.40. The largest absolute Gasteiger partial charge is 0.408 e. The summed E-state index contributed by atoms with van der Waals surface area (Å²) in [6.45, 7) is 2.09. The average molecular weight is 541 g/mol. The molecule has 6 rings (SSSR count). The monoisotopic (exact) mass is 540 g/mol. The number of nitrogens with zero attached hydrogens (tertiary/aromatic N) is 5. The first kappa shape index (κ1) is 25.3. The fraction of sp³-hybridized carbons (Fsp3) is 0.444. The molecule has 1 aromatic carbocycles. The van der Waals surface area contributed by atoms with Crippen LogP contribution in [-0.2, 0) is 15.0 Å². The van der Waals surface area contributed by atoms with E-state index in [0.29, 0.717) is 42.8 Å². The lowest BCUT2D eigenvalue weighted by Gasteiger charge is -2.39. The number of halogens is 3. The molecule has 1 N–H and O–H groups in total. The van der Waals surface area contributed by atoms with Gasteiger partial charge in [-0.15, -0.1) is 0 Å². The number of fused-ring (bicyclic) bond motifs is 3. The van der Waals surface area contributed by atoms with Gasteiger partial charge in [-0.05, 0) is 55.9 Å². The first-order chi connectivity index (χ1) is 18.6. The van der Waals surface area contributed by atoms with Gasteiger partial charge >= 0.3 is 6.18 Å². The predicted octanol–water partition coefficient (Wildman–Crippen LogP) is 3.34. The molecule has 3 aliphatic rings. The molecule has 1 atom stereocenters. The Bertz CT molecular complexity index is 1480. The maximum atomic E-state index is 14.0. The second kappa shape index (κ2) is 9.06. The molecule has 1 unspecified atom stereocenters. The lowest BCUT2D eigenvalue weighted by atomic mass is 9.72.